The van der Waals surface area contributed by atoms with Crippen molar-refractivity contribution in [3.8, 4) is 0 Å². The van der Waals surface area contributed by atoms with E-state index >= 15 is 0 Å². The van der Waals surface area contributed by atoms with Gasteiger partial charge < -0.3 is 9.31 Å². The van der Waals surface area contributed by atoms with Crippen molar-refractivity contribution >= 4 is 7.12 Å². The minimum atomic E-state index is -0.0206. The summed E-state index contributed by atoms with van der Waals surface area (Å²) in [7, 11) is 0.0187. The molecule has 16 heavy (non-hydrogen) atoms. The van der Waals surface area contributed by atoms with Crippen molar-refractivity contribution < 1.29 is 9.31 Å². The van der Waals surface area contributed by atoms with Gasteiger partial charge in [0.1, 0.15) is 0 Å². The first-order valence-corrected chi connectivity index (χ1v) is 6.69. The maximum atomic E-state index is 6.28. The number of hydrogen-bond acceptors (Lipinski definition) is 2. The summed E-state index contributed by atoms with van der Waals surface area (Å²) in [4.78, 5) is 0. The summed E-state index contributed by atoms with van der Waals surface area (Å²) in [5, 5.41) is 0. The Balaban J connectivity index is 1.87. The zero-order chi connectivity index (χ0) is 11.7. The van der Waals surface area contributed by atoms with Gasteiger partial charge in [-0.2, -0.15) is 0 Å². The summed E-state index contributed by atoms with van der Waals surface area (Å²) >= 11 is 0. The summed E-state index contributed by atoms with van der Waals surface area (Å²) in [6.45, 7) is 11.4. The van der Waals surface area contributed by atoms with Crippen LogP contribution in [-0.2, 0) is 9.31 Å². The number of rotatable bonds is 1. The normalized spacial score (nSPS) is 49.1. The zero-order valence-corrected chi connectivity index (χ0v) is 11.1. The summed E-state index contributed by atoms with van der Waals surface area (Å²) in [6.07, 6.45) is 2.88. The third kappa shape index (κ3) is 1.17. The van der Waals surface area contributed by atoms with Gasteiger partial charge in [-0.3, -0.25) is 0 Å². The van der Waals surface area contributed by atoms with Crippen LogP contribution in [0.5, 0.6) is 0 Å². The molecule has 90 valence electrons. The molecule has 0 amide bonds. The predicted molar refractivity (Wildman–Crippen MR) is 65.2 cm³/mol. The van der Waals surface area contributed by atoms with Gasteiger partial charge in [-0.15, -0.1) is 0 Å². The van der Waals surface area contributed by atoms with E-state index in [1.165, 1.54) is 12.8 Å². The van der Waals surface area contributed by atoms with Crippen molar-refractivity contribution in [1.29, 1.82) is 0 Å². The van der Waals surface area contributed by atoms with Crippen molar-refractivity contribution in [3.05, 3.63) is 0 Å². The smallest absolute Gasteiger partial charge is 0.405 e. The molecule has 2 unspecified atom stereocenters. The van der Waals surface area contributed by atoms with E-state index in [0.29, 0.717) is 23.3 Å². The van der Waals surface area contributed by atoms with E-state index < -0.39 is 0 Å². The van der Waals surface area contributed by atoms with Crippen LogP contribution >= 0.6 is 0 Å². The van der Waals surface area contributed by atoms with E-state index in [1.54, 1.807) is 0 Å². The fourth-order valence-corrected chi connectivity index (χ4v) is 4.19. The lowest BCUT2D eigenvalue weighted by atomic mass is 9.43. The van der Waals surface area contributed by atoms with Gasteiger partial charge in [0.05, 0.1) is 11.7 Å². The van der Waals surface area contributed by atoms with Crippen LogP contribution in [0.1, 0.15) is 47.5 Å². The molecule has 2 nitrogen and oxygen atoms in total. The van der Waals surface area contributed by atoms with Crippen LogP contribution in [0.15, 0.2) is 0 Å². The quantitative estimate of drug-likeness (QED) is 0.634. The fourth-order valence-electron chi connectivity index (χ4n) is 4.19. The second-order valence-corrected chi connectivity index (χ2v) is 7.08. The van der Waals surface area contributed by atoms with Gasteiger partial charge >= 0.3 is 7.12 Å². The highest BCUT2D eigenvalue weighted by Crippen LogP contribution is 2.65. The minimum absolute atomic E-state index is 0.0187. The second kappa shape index (κ2) is 3.05. The van der Waals surface area contributed by atoms with Crippen molar-refractivity contribution in [2.45, 2.75) is 65.0 Å². The Bertz CT molecular complexity index is 315. The summed E-state index contributed by atoms with van der Waals surface area (Å²) < 4.78 is 12.4. The lowest BCUT2D eigenvalue weighted by molar-refractivity contribution is -0.199. The molecule has 1 heterocycles. The van der Waals surface area contributed by atoms with E-state index in [4.69, 9.17) is 9.31 Å². The average Bonchev–Trinajstić information content (AvgIpc) is 2.54. The Morgan fingerprint density at radius 3 is 2.44 bits per heavy atom. The zero-order valence-electron chi connectivity index (χ0n) is 11.1. The van der Waals surface area contributed by atoms with Crippen LogP contribution in [-0.4, -0.2) is 18.8 Å². The molecular formula is C13H23BO2. The standard InChI is InChI=1S/C13H23BO2/c1-8(2)14-15-11-7-9-6-10(12(9,3)4)13(11,5)16-14/h8-11H,6-7H2,1-5H3/t9-,10?,11?,13-/m0/s1. The van der Waals surface area contributed by atoms with Crippen molar-refractivity contribution in [2.75, 3.05) is 0 Å². The van der Waals surface area contributed by atoms with E-state index in [2.05, 4.69) is 34.6 Å². The monoisotopic (exact) mass is 222 g/mol. The highest BCUT2D eigenvalue weighted by Gasteiger charge is 2.67. The molecule has 0 aromatic heterocycles. The van der Waals surface area contributed by atoms with Crippen LogP contribution < -0.4 is 0 Å². The molecule has 2 bridgehead atoms. The Labute approximate surface area is 99.2 Å². The molecule has 3 saturated carbocycles. The molecule has 0 aromatic rings. The van der Waals surface area contributed by atoms with Gasteiger partial charge in [-0.25, -0.2) is 0 Å². The van der Waals surface area contributed by atoms with E-state index in [1.807, 2.05) is 0 Å². The lowest BCUT2D eigenvalue weighted by Gasteiger charge is -2.64. The molecule has 4 aliphatic rings. The van der Waals surface area contributed by atoms with E-state index in [-0.39, 0.29) is 12.7 Å². The molecule has 4 atom stereocenters. The van der Waals surface area contributed by atoms with E-state index in [0.717, 1.165) is 5.92 Å². The highest BCUT2D eigenvalue weighted by molar-refractivity contribution is 6.47. The first-order valence-electron chi connectivity index (χ1n) is 6.69. The van der Waals surface area contributed by atoms with Gasteiger partial charge in [-0.05, 0) is 42.8 Å². The van der Waals surface area contributed by atoms with Crippen molar-refractivity contribution in [2.24, 2.45) is 17.3 Å². The molecule has 1 aliphatic heterocycles. The summed E-state index contributed by atoms with van der Waals surface area (Å²) in [6, 6.07) is 0. The molecule has 0 N–H and O–H groups in total. The molecule has 0 spiro atoms. The third-order valence-electron chi connectivity index (χ3n) is 5.51. The van der Waals surface area contributed by atoms with Crippen LogP contribution in [0, 0.1) is 17.3 Å². The average molecular weight is 222 g/mol. The lowest BCUT2D eigenvalue weighted by Crippen LogP contribution is -2.65. The van der Waals surface area contributed by atoms with Gasteiger partial charge in [0.25, 0.3) is 0 Å². The summed E-state index contributed by atoms with van der Waals surface area (Å²) in [5.74, 6) is 2.00. The Morgan fingerprint density at radius 2 is 1.88 bits per heavy atom. The first kappa shape index (κ1) is 11.1. The topological polar surface area (TPSA) is 18.5 Å². The molecule has 0 radical (unpaired) electrons. The van der Waals surface area contributed by atoms with E-state index in [9.17, 15) is 0 Å². The van der Waals surface area contributed by atoms with Gasteiger partial charge in [0.15, 0.2) is 0 Å². The van der Waals surface area contributed by atoms with Gasteiger partial charge in [0.2, 0.25) is 0 Å². The number of hydrogen-bond donors (Lipinski definition) is 0. The van der Waals surface area contributed by atoms with Crippen molar-refractivity contribution in [3.63, 3.8) is 0 Å². The summed E-state index contributed by atoms with van der Waals surface area (Å²) in [5.41, 5.74) is 0.438. The molecular weight excluding hydrogens is 199 g/mol. The largest absolute Gasteiger partial charge is 0.460 e. The van der Waals surface area contributed by atoms with Crippen LogP contribution in [0.25, 0.3) is 0 Å². The molecule has 4 fully saturated rings. The molecule has 0 aromatic carbocycles. The predicted octanol–water partition coefficient (Wildman–Crippen LogP) is 3.12. The van der Waals surface area contributed by atoms with Gasteiger partial charge in [-0.1, -0.05) is 27.7 Å². The highest BCUT2D eigenvalue weighted by atomic mass is 16.7. The molecule has 3 aliphatic carbocycles. The maximum absolute atomic E-state index is 6.28. The maximum Gasteiger partial charge on any atom is 0.460 e. The molecule has 1 saturated heterocycles. The third-order valence-corrected chi connectivity index (χ3v) is 5.51. The second-order valence-electron chi connectivity index (χ2n) is 7.08. The molecule has 3 heteroatoms. The Morgan fingerprint density at radius 1 is 1.19 bits per heavy atom. The van der Waals surface area contributed by atoms with Gasteiger partial charge in [0, 0.05) is 0 Å². The Hall–Kier alpha value is -0.0151. The van der Waals surface area contributed by atoms with Crippen LogP contribution in [0.4, 0.5) is 0 Å². The van der Waals surface area contributed by atoms with Crippen LogP contribution in [0.3, 0.4) is 0 Å². The molecule has 4 rings (SSSR count). The van der Waals surface area contributed by atoms with Crippen molar-refractivity contribution in [1.82, 2.24) is 0 Å². The Kier molecular flexibility index (Phi) is 2.12. The fraction of sp³-hybridized carbons (Fsp3) is 1.00. The minimum Gasteiger partial charge on any atom is -0.405 e. The SMILES string of the molecule is CC(C)B1OC2C[C@@H]3CC(C3(C)C)[C@]2(C)O1. The van der Waals surface area contributed by atoms with Crippen LogP contribution in [0.2, 0.25) is 5.82 Å². The first-order chi connectivity index (χ1) is 7.35.